The fourth-order valence-corrected chi connectivity index (χ4v) is 3.04. The average molecular weight is 338 g/mol. The highest BCUT2D eigenvalue weighted by molar-refractivity contribution is 6.76. The van der Waals surface area contributed by atoms with E-state index in [1.807, 2.05) is 17.7 Å². The maximum Gasteiger partial charge on any atom is 0.516 e. The van der Waals surface area contributed by atoms with E-state index in [2.05, 4.69) is 52.3 Å². The van der Waals surface area contributed by atoms with Crippen molar-refractivity contribution in [2.45, 2.75) is 78.2 Å². The molecule has 0 aromatic carbocycles. The average Bonchev–Trinajstić information content (AvgIpc) is 2.83. The van der Waals surface area contributed by atoms with Crippen LogP contribution in [0.3, 0.4) is 0 Å². The lowest BCUT2D eigenvalue weighted by atomic mass is 9.86. The molecule has 0 spiro atoms. The van der Waals surface area contributed by atoms with E-state index in [1.54, 1.807) is 0 Å². The van der Waals surface area contributed by atoms with E-state index >= 15 is 0 Å². The predicted molar refractivity (Wildman–Crippen MR) is 96.8 cm³/mol. The second kappa shape index (κ2) is 6.35. The zero-order valence-corrected chi connectivity index (χ0v) is 16.9. The Labute approximate surface area is 141 Å². The largest absolute Gasteiger partial charge is 0.516 e. The van der Waals surface area contributed by atoms with Gasteiger partial charge in [0.05, 0.1) is 16.8 Å². The summed E-state index contributed by atoms with van der Waals surface area (Å²) in [4.78, 5) is 4.59. The van der Waals surface area contributed by atoms with Crippen molar-refractivity contribution in [2.24, 2.45) is 0 Å². The number of ether oxygens (including phenoxy) is 1. The topological polar surface area (TPSA) is 45.5 Å². The molecule has 1 aromatic rings. The Balaban J connectivity index is 1.97. The first-order valence-electron chi connectivity index (χ1n) is 8.38. The monoisotopic (exact) mass is 338 g/mol. The number of aromatic nitrogens is 2. The maximum absolute atomic E-state index is 6.06. The summed E-state index contributed by atoms with van der Waals surface area (Å²) in [6.07, 6.45) is 1.98. The zero-order valence-electron chi connectivity index (χ0n) is 15.9. The van der Waals surface area contributed by atoms with Crippen LogP contribution in [0.1, 0.15) is 33.5 Å². The van der Waals surface area contributed by atoms with Crippen molar-refractivity contribution in [1.82, 2.24) is 9.55 Å². The van der Waals surface area contributed by atoms with Crippen molar-refractivity contribution >= 4 is 20.8 Å². The van der Waals surface area contributed by atoms with Crippen LogP contribution in [-0.2, 0) is 20.8 Å². The van der Waals surface area contributed by atoms with Crippen molar-refractivity contribution in [1.29, 1.82) is 0 Å². The van der Waals surface area contributed by atoms with E-state index in [-0.39, 0.29) is 11.2 Å². The number of nitrogens with zero attached hydrogens (tertiary/aromatic N) is 2. The molecule has 0 radical (unpaired) electrons. The molecule has 7 heteroatoms. The highest BCUT2D eigenvalue weighted by Gasteiger charge is 2.52. The number of hydrogen-bond donors (Lipinski definition) is 0. The standard InChI is InChI=1S/C16H31BN2O3Si/c1-13-18-14(17-21-15(2,3)16(4,5)22-17)11-19(13)12-20-9-10-23(6,7)8/h11H,9-10,12H2,1-8H3. The van der Waals surface area contributed by atoms with Crippen LogP contribution in [0.2, 0.25) is 25.7 Å². The molecule has 1 aliphatic rings. The molecule has 5 nitrogen and oxygen atoms in total. The molecule has 0 saturated carbocycles. The lowest BCUT2D eigenvalue weighted by Gasteiger charge is -2.32. The van der Waals surface area contributed by atoms with Gasteiger partial charge in [-0.25, -0.2) is 4.98 Å². The molecule has 1 fully saturated rings. The van der Waals surface area contributed by atoms with E-state index in [1.165, 1.54) is 6.04 Å². The van der Waals surface area contributed by atoms with Crippen molar-refractivity contribution < 1.29 is 14.0 Å². The molecule has 0 N–H and O–H groups in total. The highest BCUT2D eigenvalue weighted by Crippen LogP contribution is 2.36. The molecule has 2 heterocycles. The van der Waals surface area contributed by atoms with Gasteiger partial charge in [-0.2, -0.15) is 0 Å². The summed E-state index contributed by atoms with van der Waals surface area (Å²) in [5, 5.41) is 0. The third-order valence-electron chi connectivity index (χ3n) is 4.72. The van der Waals surface area contributed by atoms with Crippen LogP contribution in [0.4, 0.5) is 0 Å². The molecular weight excluding hydrogens is 307 g/mol. The van der Waals surface area contributed by atoms with E-state index in [4.69, 9.17) is 14.0 Å². The third-order valence-corrected chi connectivity index (χ3v) is 6.42. The second-order valence-electron chi connectivity index (χ2n) is 8.62. The van der Waals surface area contributed by atoms with Gasteiger partial charge in [-0.1, -0.05) is 19.6 Å². The van der Waals surface area contributed by atoms with Crippen LogP contribution < -0.4 is 5.59 Å². The Hall–Kier alpha value is -0.628. The van der Waals surface area contributed by atoms with Gasteiger partial charge in [-0.05, 0) is 40.7 Å². The van der Waals surface area contributed by atoms with Gasteiger partial charge >= 0.3 is 7.12 Å². The van der Waals surface area contributed by atoms with Gasteiger partial charge in [0.1, 0.15) is 12.6 Å². The van der Waals surface area contributed by atoms with Crippen LogP contribution in [-0.4, -0.2) is 42.6 Å². The summed E-state index contributed by atoms with van der Waals surface area (Å²) in [7, 11) is -1.46. The summed E-state index contributed by atoms with van der Waals surface area (Å²) < 4.78 is 19.9. The first-order chi connectivity index (χ1) is 10.4. The molecule has 23 heavy (non-hydrogen) atoms. The van der Waals surface area contributed by atoms with Crippen molar-refractivity contribution in [2.75, 3.05) is 6.61 Å². The molecule has 2 rings (SSSR count). The minimum atomic E-state index is -1.05. The molecule has 0 unspecified atom stereocenters. The minimum absolute atomic E-state index is 0.344. The predicted octanol–water partition coefficient (Wildman–Crippen LogP) is 2.80. The smallest absolute Gasteiger partial charge is 0.398 e. The molecule has 1 aromatic heterocycles. The summed E-state index contributed by atoms with van der Waals surface area (Å²) in [6.45, 7) is 18.6. The molecule has 1 aliphatic heterocycles. The number of aryl methyl sites for hydroxylation is 1. The SMILES string of the molecule is Cc1nc(B2OC(C)(C)C(C)(C)O2)cn1COCC[Si](C)(C)C. The Kier molecular flexibility index (Phi) is 5.17. The van der Waals surface area contributed by atoms with E-state index in [0.29, 0.717) is 6.73 Å². The van der Waals surface area contributed by atoms with Gasteiger partial charge in [0.25, 0.3) is 0 Å². The van der Waals surface area contributed by atoms with Gasteiger partial charge in [0.15, 0.2) is 0 Å². The molecule has 1 saturated heterocycles. The molecule has 0 aliphatic carbocycles. The normalized spacial score (nSPS) is 20.3. The van der Waals surface area contributed by atoms with Gasteiger partial charge in [0, 0.05) is 20.9 Å². The second-order valence-corrected chi connectivity index (χ2v) is 14.2. The number of rotatable bonds is 6. The van der Waals surface area contributed by atoms with E-state index in [9.17, 15) is 0 Å². The van der Waals surface area contributed by atoms with Gasteiger partial charge in [-0.15, -0.1) is 0 Å². The Morgan fingerprint density at radius 3 is 2.26 bits per heavy atom. The Morgan fingerprint density at radius 1 is 1.17 bits per heavy atom. The molecule has 130 valence electrons. The van der Waals surface area contributed by atoms with Crippen LogP contribution in [0.25, 0.3) is 0 Å². The first kappa shape index (κ1) is 18.7. The summed E-state index contributed by atoms with van der Waals surface area (Å²) in [5.74, 6) is 0.919. The van der Waals surface area contributed by atoms with Crippen molar-refractivity contribution in [3.63, 3.8) is 0 Å². The maximum atomic E-state index is 6.06. The molecule has 0 bridgehead atoms. The highest BCUT2D eigenvalue weighted by atomic mass is 28.3. The van der Waals surface area contributed by atoms with Crippen LogP contribution >= 0.6 is 0 Å². The van der Waals surface area contributed by atoms with Crippen molar-refractivity contribution in [3.05, 3.63) is 12.0 Å². The minimum Gasteiger partial charge on any atom is -0.398 e. The summed E-state index contributed by atoms with van der Waals surface area (Å²) in [5.41, 5.74) is 0.127. The quantitative estimate of drug-likeness (QED) is 0.591. The Bertz CT molecular complexity index is 536. The van der Waals surface area contributed by atoms with Crippen molar-refractivity contribution in [3.8, 4) is 0 Å². The fourth-order valence-electron chi connectivity index (χ4n) is 2.28. The summed E-state index contributed by atoms with van der Waals surface area (Å²) in [6, 6.07) is 1.17. The first-order valence-corrected chi connectivity index (χ1v) is 12.1. The van der Waals surface area contributed by atoms with Gasteiger partial charge < -0.3 is 18.6 Å². The summed E-state index contributed by atoms with van der Waals surface area (Å²) >= 11 is 0. The number of hydrogen-bond acceptors (Lipinski definition) is 4. The Morgan fingerprint density at radius 2 is 1.74 bits per heavy atom. The lowest BCUT2D eigenvalue weighted by molar-refractivity contribution is 0.00578. The fraction of sp³-hybridized carbons (Fsp3) is 0.812. The van der Waals surface area contributed by atoms with Gasteiger partial charge in [0.2, 0.25) is 0 Å². The van der Waals surface area contributed by atoms with Crippen LogP contribution in [0.15, 0.2) is 6.20 Å². The molecule has 0 atom stereocenters. The van der Waals surface area contributed by atoms with E-state index < -0.39 is 15.2 Å². The third kappa shape index (κ3) is 4.47. The molecular formula is C16H31BN2O3Si. The van der Waals surface area contributed by atoms with E-state index in [0.717, 1.165) is 18.0 Å². The van der Waals surface area contributed by atoms with Crippen LogP contribution in [0, 0.1) is 6.92 Å². The lowest BCUT2D eigenvalue weighted by Crippen LogP contribution is -2.41. The number of imidazole rings is 1. The van der Waals surface area contributed by atoms with Crippen LogP contribution in [0.5, 0.6) is 0 Å². The molecule has 0 amide bonds. The van der Waals surface area contributed by atoms with Gasteiger partial charge in [-0.3, -0.25) is 0 Å². The zero-order chi connectivity index (χ0) is 17.5.